The van der Waals surface area contributed by atoms with Gasteiger partial charge >= 0.3 is 5.97 Å². The summed E-state index contributed by atoms with van der Waals surface area (Å²) in [6, 6.07) is 7.67. The van der Waals surface area contributed by atoms with E-state index in [0.29, 0.717) is 39.5 Å². The summed E-state index contributed by atoms with van der Waals surface area (Å²) in [4.78, 5) is 38.0. The van der Waals surface area contributed by atoms with E-state index in [1.807, 2.05) is 0 Å². The molecular weight excluding hydrogens is 426 g/mol. The fourth-order valence-electron chi connectivity index (χ4n) is 3.84. The summed E-state index contributed by atoms with van der Waals surface area (Å²) in [6.07, 6.45) is 7.18. The van der Waals surface area contributed by atoms with Crippen LogP contribution < -0.4 is 0 Å². The number of imide groups is 1. The van der Waals surface area contributed by atoms with Gasteiger partial charge in [-0.3, -0.25) is 14.5 Å². The Morgan fingerprint density at radius 2 is 1.97 bits per heavy atom. The smallest absolute Gasteiger partial charge is 0.335 e. The molecule has 2 fully saturated rings. The normalized spacial score (nSPS) is 19.1. The van der Waals surface area contributed by atoms with Crippen molar-refractivity contribution in [2.75, 3.05) is 6.54 Å². The van der Waals surface area contributed by atoms with E-state index >= 15 is 0 Å². The Labute approximate surface area is 182 Å². The van der Waals surface area contributed by atoms with Crippen LogP contribution in [0.1, 0.15) is 48.2 Å². The van der Waals surface area contributed by atoms with Crippen LogP contribution in [-0.4, -0.2) is 33.7 Å². The lowest BCUT2D eigenvalue weighted by molar-refractivity contribution is -0.123. The zero-order valence-corrected chi connectivity index (χ0v) is 17.7. The zero-order valence-electron chi connectivity index (χ0n) is 16.1. The summed E-state index contributed by atoms with van der Waals surface area (Å²) in [6.45, 7) is 0.475. The van der Waals surface area contributed by atoms with Crippen LogP contribution in [0.4, 0.5) is 4.79 Å². The molecule has 0 radical (unpaired) electrons. The number of furan rings is 1. The van der Waals surface area contributed by atoms with Crippen LogP contribution in [0.3, 0.4) is 0 Å². The number of hydrogen-bond acceptors (Lipinski definition) is 5. The molecule has 1 saturated heterocycles. The number of thioether (sulfide) groups is 1. The number of amides is 2. The second-order valence-corrected chi connectivity index (χ2v) is 8.90. The van der Waals surface area contributed by atoms with Crippen molar-refractivity contribution in [1.82, 2.24) is 4.90 Å². The highest BCUT2D eigenvalue weighted by atomic mass is 35.5. The van der Waals surface area contributed by atoms with Gasteiger partial charge in [-0.15, -0.1) is 0 Å². The summed E-state index contributed by atoms with van der Waals surface area (Å²) in [5.74, 6) is -0.197. The van der Waals surface area contributed by atoms with Crippen LogP contribution in [0.15, 0.2) is 39.7 Å². The van der Waals surface area contributed by atoms with Crippen LogP contribution >= 0.6 is 23.4 Å². The number of carboxylic acid groups (broad SMARTS) is 1. The fraction of sp³-hybridized carbons (Fsp3) is 0.318. The number of benzene rings is 1. The Kier molecular flexibility index (Phi) is 6.01. The SMILES string of the molecule is O=C(O)c1ccc(Cl)c(-c2ccc(/C=C3/SC(=O)N(CC4CCCCC4)C3=O)o2)c1. The number of rotatable bonds is 5. The van der Waals surface area contributed by atoms with Crippen molar-refractivity contribution in [2.24, 2.45) is 5.92 Å². The molecular formula is C22H20ClNO5S. The maximum Gasteiger partial charge on any atom is 0.335 e. The van der Waals surface area contributed by atoms with Gasteiger partial charge in [0, 0.05) is 18.2 Å². The van der Waals surface area contributed by atoms with Crippen LogP contribution in [0.2, 0.25) is 5.02 Å². The Balaban J connectivity index is 1.53. The maximum absolute atomic E-state index is 12.7. The third-order valence-electron chi connectivity index (χ3n) is 5.42. The topological polar surface area (TPSA) is 87.8 Å². The summed E-state index contributed by atoms with van der Waals surface area (Å²) < 4.78 is 5.77. The summed E-state index contributed by atoms with van der Waals surface area (Å²) in [7, 11) is 0. The lowest BCUT2D eigenvalue weighted by atomic mass is 9.89. The molecule has 1 aromatic carbocycles. The van der Waals surface area contributed by atoms with E-state index in [1.165, 1.54) is 29.5 Å². The van der Waals surface area contributed by atoms with Gasteiger partial charge < -0.3 is 9.52 Å². The van der Waals surface area contributed by atoms with Crippen molar-refractivity contribution in [2.45, 2.75) is 32.1 Å². The van der Waals surface area contributed by atoms with Crippen molar-refractivity contribution < 1.29 is 23.9 Å². The molecule has 2 aliphatic rings. The van der Waals surface area contributed by atoms with Crippen molar-refractivity contribution in [3.05, 3.63) is 51.6 Å². The van der Waals surface area contributed by atoms with Crippen LogP contribution in [0.5, 0.6) is 0 Å². The van der Waals surface area contributed by atoms with E-state index in [2.05, 4.69) is 0 Å². The van der Waals surface area contributed by atoms with Gasteiger partial charge in [-0.25, -0.2) is 4.79 Å². The number of carbonyl (C=O) groups excluding carboxylic acids is 2. The molecule has 30 heavy (non-hydrogen) atoms. The van der Waals surface area contributed by atoms with E-state index < -0.39 is 5.97 Å². The molecule has 1 aliphatic carbocycles. The summed E-state index contributed by atoms with van der Waals surface area (Å²) in [5.41, 5.74) is 0.540. The first-order valence-electron chi connectivity index (χ1n) is 9.81. The average molecular weight is 446 g/mol. The lowest BCUT2D eigenvalue weighted by Gasteiger charge is -2.25. The molecule has 8 heteroatoms. The Bertz CT molecular complexity index is 1040. The Morgan fingerprint density at radius 3 is 2.70 bits per heavy atom. The predicted octanol–water partition coefficient (Wildman–Crippen LogP) is 5.91. The van der Waals surface area contributed by atoms with Gasteiger partial charge in [0.15, 0.2) is 0 Å². The Hall–Kier alpha value is -2.51. The largest absolute Gasteiger partial charge is 0.478 e. The number of carboxylic acids is 1. The number of hydrogen-bond donors (Lipinski definition) is 1. The quantitative estimate of drug-likeness (QED) is 0.575. The van der Waals surface area contributed by atoms with E-state index in [9.17, 15) is 19.5 Å². The molecule has 2 amide bonds. The summed E-state index contributed by atoms with van der Waals surface area (Å²) >= 11 is 7.11. The van der Waals surface area contributed by atoms with Gasteiger partial charge in [-0.05, 0) is 60.9 Å². The van der Waals surface area contributed by atoms with Crippen LogP contribution in [0.25, 0.3) is 17.4 Å². The van der Waals surface area contributed by atoms with E-state index in [0.717, 1.165) is 37.4 Å². The molecule has 0 unspecified atom stereocenters. The number of carbonyl (C=O) groups is 3. The second-order valence-electron chi connectivity index (χ2n) is 7.50. The van der Waals surface area contributed by atoms with Gasteiger partial charge in [0.2, 0.25) is 0 Å². The third-order valence-corrected chi connectivity index (χ3v) is 6.65. The van der Waals surface area contributed by atoms with Crippen molar-refractivity contribution in [3.8, 4) is 11.3 Å². The molecule has 1 N–H and O–H groups in total. The van der Waals surface area contributed by atoms with Crippen molar-refractivity contribution in [1.29, 1.82) is 0 Å². The van der Waals surface area contributed by atoms with E-state index in [4.69, 9.17) is 16.0 Å². The third kappa shape index (κ3) is 4.32. The van der Waals surface area contributed by atoms with Gasteiger partial charge in [-0.1, -0.05) is 30.9 Å². The molecule has 2 heterocycles. The van der Waals surface area contributed by atoms with Gasteiger partial charge in [0.05, 0.1) is 15.5 Å². The van der Waals surface area contributed by atoms with Crippen molar-refractivity contribution >= 4 is 46.6 Å². The fourth-order valence-corrected chi connectivity index (χ4v) is 4.88. The monoisotopic (exact) mass is 445 g/mol. The first-order chi connectivity index (χ1) is 14.4. The van der Waals surface area contributed by atoms with Crippen molar-refractivity contribution in [3.63, 3.8) is 0 Å². The molecule has 156 valence electrons. The lowest BCUT2D eigenvalue weighted by Crippen LogP contribution is -2.34. The minimum absolute atomic E-state index is 0.0937. The Morgan fingerprint density at radius 1 is 1.20 bits per heavy atom. The highest BCUT2D eigenvalue weighted by Gasteiger charge is 2.36. The van der Waals surface area contributed by atoms with E-state index in [1.54, 1.807) is 18.2 Å². The number of nitrogens with zero attached hydrogens (tertiary/aromatic N) is 1. The second kappa shape index (κ2) is 8.70. The average Bonchev–Trinajstić information content (AvgIpc) is 3.29. The first kappa shape index (κ1) is 20.8. The van der Waals surface area contributed by atoms with Gasteiger partial charge in [0.1, 0.15) is 11.5 Å². The minimum Gasteiger partial charge on any atom is -0.478 e. The van der Waals surface area contributed by atoms with Crippen LogP contribution in [0, 0.1) is 5.92 Å². The molecule has 6 nitrogen and oxygen atoms in total. The number of halogens is 1. The molecule has 1 aromatic heterocycles. The first-order valence-corrected chi connectivity index (χ1v) is 11.0. The molecule has 4 rings (SSSR count). The molecule has 0 spiro atoms. The summed E-state index contributed by atoms with van der Waals surface area (Å²) in [5, 5.41) is 9.28. The predicted molar refractivity (Wildman–Crippen MR) is 115 cm³/mol. The maximum atomic E-state index is 12.7. The molecule has 2 aromatic rings. The highest BCUT2D eigenvalue weighted by Crippen LogP contribution is 2.36. The molecule has 0 bridgehead atoms. The molecule has 1 saturated carbocycles. The standard InChI is InChI=1S/C22H20ClNO5S/c23-17-8-6-14(21(26)27)10-16(17)18-9-7-15(29-18)11-19-20(25)24(22(28)30-19)12-13-4-2-1-3-5-13/h6-11,13H,1-5,12H2,(H,26,27)/b19-11+. The highest BCUT2D eigenvalue weighted by molar-refractivity contribution is 8.18. The minimum atomic E-state index is -1.06. The number of aromatic carboxylic acids is 1. The molecule has 1 aliphatic heterocycles. The zero-order chi connectivity index (χ0) is 21.3. The van der Waals surface area contributed by atoms with Gasteiger partial charge in [0.25, 0.3) is 11.1 Å². The van der Waals surface area contributed by atoms with E-state index in [-0.39, 0.29) is 16.7 Å². The van der Waals surface area contributed by atoms with Crippen LogP contribution in [-0.2, 0) is 4.79 Å². The molecule has 0 atom stereocenters. The van der Waals surface area contributed by atoms with Gasteiger partial charge in [-0.2, -0.15) is 0 Å².